The first-order chi connectivity index (χ1) is 8.56. The van der Waals surface area contributed by atoms with Gasteiger partial charge in [-0.1, -0.05) is 6.07 Å². The molecule has 0 bridgehead atoms. The minimum atomic E-state index is -0.206. The molecule has 2 N–H and O–H groups in total. The van der Waals surface area contributed by atoms with Crippen molar-refractivity contribution in [2.45, 2.75) is 39.1 Å². The van der Waals surface area contributed by atoms with Crippen LogP contribution in [0.15, 0.2) is 18.2 Å². The van der Waals surface area contributed by atoms with Gasteiger partial charge in [-0.05, 0) is 37.1 Å². The zero-order chi connectivity index (χ0) is 13.1. The number of hydrogen-bond donors (Lipinski definition) is 1. The zero-order valence-electron chi connectivity index (χ0n) is 11.0. The van der Waals surface area contributed by atoms with Crippen molar-refractivity contribution >= 4 is 0 Å². The Balaban J connectivity index is 2.06. The van der Waals surface area contributed by atoms with Crippen molar-refractivity contribution in [2.75, 3.05) is 13.1 Å². The first-order valence-electron chi connectivity index (χ1n) is 6.43. The standard InChI is InChI=1S/C14H21FN2O/c1-10-7-17(8-11(2)18-10)9-13-3-12(6-16)4-14(15)5-13/h3-5,10-11H,6-9,16H2,1-2H3. The molecule has 0 spiro atoms. The molecule has 0 radical (unpaired) electrons. The second-order valence-corrected chi connectivity index (χ2v) is 5.12. The number of nitrogens with zero attached hydrogens (tertiary/aromatic N) is 1. The fraction of sp³-hybridized carbons (Fsp3) is 0.571. The molecule has 2 rings (SSSR count). The summed E-state index contributed by atoms with van der Waals surface area (Å²) in [6, 6.07) is 5.06. The summed E-state index contributed by atoms with van der Waals surface area (Å²) in [7, 11) is 0. The van der Waals surface area contributed by atoms with Gasteiger partial charge in [-0.25, -0.2) is 4.39 Å². The Morgan fingerprint density at radius 2 is 1.83 bits per heavy atom. The Labute approximate surface area is 108 Å². The Bertz CT molecular complexity index is 401. The van der Waals surface area contributed by atoms with Crippen LogP contribution >= 0.6 is 0 Å². The second kappa shape index (κ2) is 5.78. The Hall–Kier alpha value is -0.970. The van der Waals surface area contributed by atoms with Gasteiger partial charge in [0.1, 0.15) is 5.82 Å². The van der Waals surface area contributed by atoms with Crippen LogP contribution in [0.1, 0.15) is 25.0 Å². The molecule has 1 aliphatic rings. The van der Waals surface area contributed by atoms with E-state index < -0.39 is 0 Å². The minimum Gasteiger partial charge on any atom is -0.373 e. The fourth-order valence-corrected chi connectivity index (χ4v) is 2.60. The van der Waals surface area contributed by atoms with Crippen LogP contribution in [-0.4, -0.2) is 30.2 Å². The summed E-state index contributed by atoms with van der Waals surface area (Å²) in [6.45, 7) is 7.04. The molecule has 2 atom stereocenters. The van der Waals surface area contributed by atoms with E-state index >= 15 is 0 Å². The van der Waals surface area contributed by atoms with E-state index in [1.54, 1.807) is 6.07 Å². The van der Waals surface area contributed by atoms with Crippen molar-refractivity contribution < 1.29 is 9.13 Å². The van der Waals surface area contributed by atoms with E-state index in [0.29, 0.717) is 6.54 Å². The van der Waals surface area contributed by atoms with E-state index in [2.05, 4.69) is 18.7 Å². The van der Waals surface area contributed by atoms with Crippen LogP contribution in [0.5, 0.6) is 0 Å². The third-order valence-electron chi connectivity index (χ3n) is 3.15. The summed E-state index contributed by atoms with van der Waals surface area (Å²) in [6.07, 6.45) is 0.465. The van der Waals surface area contributed by atoms with Crippen molar-refractivity contribution in [1.82, 2.24) is 4.90 Å². The molecule has 1 aromatic rings. The SMILES string of the molecule is CC1CN(Cc2cc(F)cc(CN)c2)CC(C)O1. The lowest BCUT2D eigenvalue weighted by atomic mass is 10.1. The molecule has 0 aromatic heterocycles. The summed E-state index contributed by atoms with van der Waals surface area (Å²) >= 11 is 0. The highest BCUT2D eigenvalue weighted by Crippen LogP contribution is 2.16. The van der Waals surface area contributed by atoms with E-state index in [-0.39, 0.29) is 18.0 Å². The summed E-state index contributed by atoms with van der Waals surface area (Å²) < 4.78 is 19.1. The maximum Gasteiger partial charge on any atom is 0.123 e. The molecule has 2 unspecified atom stereocenters. The lowest BCUT2D eigenvalue weighted by Crippen LogP contribution is -2.44. The van der Waals surface area contributed by atoms with Gasteiger partial charge in [-0.3, -0.25) is 4.90 Å². The van der Waals surface area contributed by atoms with Gasteiger partial charge in [0.15, 0.2) is 0 Å². The molecule has 1 aromatic carbocycles. The van der Waals surface area contributed by atoms with E-state index in [1.165, 1.54) is 6.07 Å². The second-order valence-electron chi connectivity index (χ2n) is 5.12. The molecular weight excluding hydrogens is 231 g/mol. The smallest absolute Gasteiger partial charge is 0.123 e. The lowest BCUT2D eigenvalue weighted by molar-refractivity contribution is -0.0705. The lowest BCUT2D eigenvalue weighted by Gasteiger charge is -2.35. The topological polar surface area (TPSA) is 38.5 Å². The van der Waals surface area contributed by atoms with Crippen molar-refractivity contribution in [3.05, 3.63) is 35.1 Å². The van der Waals surface area contributed by atoms with E-state index in [4.69, 9.17) is 10.5 Å². The molecule has 0 aliphatic carbocycles. The first-order valence-corrected chi connectivity index (χ1v) is 6.43. The van der Waals surface area contributed by atoms with Gasteiger partial charge < -0.3 is 10.5 Å². The highest BCUT2D eigenvalue weighted by molar-refractivity contribution is 5.24. The van der Waals surface area contributed by atoms with Crippen LogP contribution in [-0.2, 0) is 17.8 Å². The van der Waals surface area contributed by atoms with E-state index in [0.717, 1.165) is 30.8 Å². The molecule has 4 heteroatoms. The molecule has 1 fully saturated rings. The molecule has 1 heterocycles. The minimum absolute atomic E-state index is 0.206. The van der Waals surface area contributed by atoms with Crippen LogP contribution < -0.4 is 5.73 Å². The highest BCUT2D eigenvalue weighted by atomic mass is 19.1. The monoisotopic (exact) mass is 252 g/mol. The molecule has 0 amide bonds. The van der Waals surface area contributed by atoms with Crippen molar-refractivity contribution in [1.29, 1.82) is 0 Å². The van der Waals surface area contributed by atoms with Crippen LogP contribution in [0.2, 0.25) is 0 Å². The molecule has 18 heavy (non-hydrogen) atoms. The Kier molecular flexibility index (Phi) is 4.32. The van der Waals surface area contributed by atoms with Gasteiger partial charge in [0.2, 0.25) is 0 Å². The van der Waals surface area contributed by atoms with Gasteiger partial charge in [-0.15, -0.1) is 0 Å². The highest BCUT2D eigenvalue weighted by Gasteiger charge is 2.22. The number of nitrogens with two attached hydrogens (primary N) is 1. The number of ether oxygens (including phenoxy) is 1. The zero-order valence-corrected chi connectivity index (χ0v) is 11.0. The molecular formula is C14H21FN2O. The van der Waals surface area contributed by atoms with Gasteiger partial charge in [0.25, 0.3) is 0 Å². The van der Waals surface area contributed by atoms with Crippen molar-refractivity contribution in [2.24, 2.45) is 5.73 Å². The van der Waals surface area contributed by atoms with Crippen molar-refractivity contribution in [3.63, 3.8) is 0 Å². The normalized spacial score (nSPS) is 25.3. The summed E-state index contributed by atoms with van der Waals surface area (Å²) in [4.78, 5) is 2.30. The number of morpholine rings is 1. The number of halogens is 1. The van der Waals surface area contributed by atoms with Gasteiger partial charge in [0, 0.05) is 26.2 Å². The molecule has 100 valence electrons. The molecule has 1 aliphatic heterocycles. The fourth-order valence-electron chi connectivity index (χ4n) is 2.60. The van der Waals surface area contributed by atoms with Gasteiger partial charge in [-0.2, -0.15) is 0 Å². The van der Waals surface area contributed by atoms with E-state index in [9.17, 15) is 4.39 Å². The predicted molar refractivity (Wildman–Crippen MR) is 69.6 cm³/mol. The summed E-state index contributed by atoms with van der Waals surface area (Å²) in [5.41, 5.74) is 7.39. The number of hydrogen-bond acceptors (Lipinski definition) is 3. The van der Waals surface area contributed by atoms with Crippen molar-refractivity contribution in [3.8, 4) is 0 Å². The van der Waals surface area contributed by atoms with Crippen LogP contribution in [0.4, 0.5) is 4.39 Å². The average molecular weight is 252 g/mol. The quantitative estimate of drug-likeness (QED) is 0.893. The number of rotatable bonds is 3. The van der Waals surface area contributed by atoms with Crippen LogP contribution in [0.3, 0.4) is 0 Å². The third kappa shape index (κ3) is 3.51. The Morgan fingerprint density at radius 1 is 1.22 bits per heavy atom. The maximum atomic E-state index is 13.4. The largest absolute Gasteiger partial charge is 0.373 e. The third-order valence-corrected chi connectivity index (χ3v) is 3.15. The Morgan fingerprint density at radius 3 is 2.44 bits per heavy atom. The summed E-state index contributed by atoms with van der Waals surface area (Å²) in [5.74, 6) is -0.206. The molecule has 3 nitrogen and oxygen atoms in total. The van der Waals surface area contributed by atoms with Gasteiger partial charge >= 0.3 is 0 Å². The first kappa shape index (κ1) is 13.5. The van der Waals surface area contributed by atoms with Gasteiger partial charge in [0.05, 0.1) is 12.2 Å². The van der Waals surface area contributed by atoms with Crippen LogP contribution in [0, 0.1) is 5.82 Å². The maximum absolute atomic E-state index is 13.4. The molecule has 1 saturated heterocycles. The number of benzene rings is 1. The summed E-state index contributed by atoms with van der Waals surface area (Å²) in [5, 5.41) is 0. The van der Waals surface area contributed by atoms with E-state index in [1.807, 2.05) is 6.07 Å². The predicted octanol–water partition coefficient (Wildman–Crippen LogP) is 1.89. The molecule has 0 saturated carbocycles. The van der Waals surface area contributed by atoms with Crippen LogP contribution in [0.25, 0.3) is 0 Å². The average Bonchev–Trinajstić information content (AvgIpc) is 2.26.